The molecule has 1 aliphatic carbocycles. The number of morpholine rings is 1. The van der Waals surface area contributed by atoms with E-state index in [2.05, 4.69) is 10.2 Å². The number of hydrogen-bond acceptors (Lipinski definition) is 9. The number of aromatic hydroxyl groups is 1. The van der Waals surface area contributed by atoms with Gasteiger partial charge in [0.25, 0.3) is 0 Å². The first-order valence-electron chi connectivity index (χ1n) is 14.8. The molecule has 43 heavy (non-hydrogen) atoms. The van der Waals surface area contributed by atoms with Gasteiger partial charge in [0, 0.05) is 51.8 Å². The third-order valence-electron chi connectivity index (χ3n) is 8.46. The van der Waals surface area contributed by atoms with Crippen molar-refractivity contribution < 1.29 is 37.6 Å². The minimum Gasteiger partial charge on any atom is -0.506 e. The van der Waals surface area contributed by atoms with Crippen molar-refractivity contribution in [3.8, 4) is 5.75 Å². The zero-order valence-electron chi connectivity index (χ0n) is 24.0. The Morgan fingerprint density at radius 2 is 1.91 bits per heavy atom. The highest BCUT2D eigenvalue weighted by Crippen LogP contribution is 2.37. The van der Waals surface area contributed by atoms with Gasteiger partial charge in [-0.25, -0.2) is 13.2 Å². The number of aliphatic hydroxyl groups is 1. The van der Waals surface area contributed by atoms with E-state index < -0.39 is 28.3 Å². The van der Waals surface area contributed by atoms with Crippen molar-refractivity contribution in [1.82, 2.24) is 14.5 Å². The number of phenols is 1. The van der Waals surface area contributed by atoms with Crippen LogP contribution in [-0.4, -0.2) is 111 Å². The number of ether oxygens (including phenoxy) is 3. The maximum atomic E-state index is 13.8. The third kappa shape index (κ3) is 8.39. The second-order valence-electron chi connectivity index (χ2n) is 11.4. The molecule has 0 spiro atoms. The van der Waals surface area contributed by atoms with Crippen molar-refractivity contribution in [3.63, 3.8) is 0 Å². The summed E-state index contributed by atoms with van der Waals surface area (Å²) in [4.78, 5) is 15.0. The molecule has 236 valence electrons. The summed E-state index contributed by atoms with van der Waals surface area (Å²) in [6.07, 6.45) is 0.511. The maximum Gasteiger partial charge on any atom is 0.407 e. The van der Waals surface area contributed by atoms with Crippen LogP contribution in [0.1, 0.15) is 24.8 Å². The van der Waals surface area contributed by atoms with E-state index in [4.69, 9.17) is 25.8 Å². The summed E-state index contributed by atoms with van der Waals surface area (Å²) < 4.78 is 45.7. The topological polar surface area (TPSA) is 138 Å². The van der Waals surface area contributed by atoms with Crippen LogP contribution in [0.4, 0.5) is 4.79 Å². The van der Waals surface area contributed by atoms with Crippen molar-refractivity contribution in [2.45, 2.75) is 54.9 Å². The lowest BCUT2D eigenvalue weighted by molar-refractivity contribution is 0.0336. The van der Waals surface area contributed by atoms with E-state index in [-0.39, 0.29) is 47.4 Å². The van der Waals surface area contributed by atoms with Crippen LogP contribution in [0.3, 0.4) is 0 Å². The fourth-order valence-corrected chi connectivity index (χ4v) is 7.61. The number of amides is 1. The van der Waals surface area contributed by atoms with E-state index in [9.17, 15) is 23.4 Å². The summed E-state index contributed by atoms with van der Waals surface area (Å²) in [6, 6.07) is 12.3. The second kappa shape index (κ2) is 14.6. The highest BCUT2D eigenvalue weighted by molar-refractivity contribution is 7.89. The minimum absolute atomic E-state index is 0.0296. The van der Waals surface area contributed by atoms with Gasteiger partial charge in [0.2, 0.25) is 10.0 Å². The van der Waals surface area contributed by atoms with Crippen LogP contribution < -0.4 is 5.32 Å². The van der Waals surface area contributed by atoms with Gasteiger partial charge in [0.15, 0.2) is 0 Å². The number of fused-ring (bicyclic) bond motifs is 1. The lowest BCUT2D eigenvalue weighted by atomic mass is 10.0. The number of nitrogens with zero attached hydrogens (tertiary/aromatic N) is 2. The van der Waals surface area contributed by atoms with Crippen LogP contribution in [0.5, 0.6) is 5.75 Å². The molecule has 2 aliphatic heterocycles. The predicted octanol–water partition coefficient (Wildman–Crippen LogP) is 2.63. The zero-order chi connectivity index (χ0) is 30.4. The number of sulfonamides is 1. The first kappa shape index (κ1) is 32.0. The highest BCUT2D eigenvalue weighted by Gasteiger charge is 2.40. The Morgan fingerprint density at radius 3 is 2.63 bits per heavy atom. The maximum absolute atomic E-state index is 13.8. The molecule has 13 heteroatoms. The summed E-state index contributed by atoms with van der Waals surface area (Å²) in [7, 11) is -4.16. The van der Waals surface area contributed by atoms with Crippen LogP contribution in [0.2, 0.25) is 5.02 Å². The molecule has 3 aliphatic rings. The SMILES string of the molecule is O=C(N[C@@H](Cc1ccccc1)[C@H](O)CN(CCN1CCOCC1)S(=O)(=O)c1ccc(Cl)c(O)c1)OC1CC2CCO[C@@H]2C1. The monoisotopic (exact) mass is 637 g/mol. The number of halogens is 1. The van der Waals surface area contributed by atoms with Gasteiger partial charge < -0.3 is 29.7 Å². The largest absolute Gasteiger partial charge is 0.506 e. The van der Waals surface area contributed by atoms with E-state index in [1.54, 1.807) is 0 Å². The molecule has 1 amide bonds. The molecule has 3 fully saturated rings. The van der Waals surface area contributed by atoms with E-state index in [0.29, 0.717) is 45.2 Å². The number of carbonyl (C=O) groups is 1. The minimum atomic E-state index is -4.16. The normalized spacial score (nSPS) is 24.0. The lowest BCUT2D eigenvalue weighted by Crippen LogP contribution is -2.52. The summed E-state index contributed by atoms with van der Waals surface area (Å²) in [5, 5.41) is 24.5. The predicted molar refractivity (Wildman–Crippen MR) is 160 cm³/mol. The van der Waals surface area contributed by atoms with Gasteiger partial charge in [-0.1, -0.05) is 41.9 Å². The quantitative estimate of drug-likeness (QED) is 0.321. The summed E-state index contributed by atoms with van der Waals surface area (Å²) in [5.74, 6) is 0.0327. The number of phenolic OH excluding ortho intramolecular Hbond substituents is 1. The molecule has 0 radical (unpaired) electrons. The zero-order valence-corrected chi connectivity index (χ0v) is 25.6. The Hall–Kier alpha value is -2.45. The highest BCUT2D eigenvalue weighted by atomic mass is 35.5. The standard InChI is InChI=1S/C30H40ClN3O8S/c31-25-7-6-24(19-27(25)35)43(38,39)34(10-9-33-11-14-40-15-12-33)20-28(36)26(16-21-4-2-1-3-5-21)32-30(37)42-23-17-22-8-13-41-29(22)18-23/h1-7,19,22-23,26,28-29,35-36H,8-18,20H2,(H,32,37)/t22?,23?,26-,28+,29+/m0/s1. The molecule has 2 aromatic rings. The molecule has 5 rings (SSSR count). The van der Waals surface area contributed by atoms with Gasteiger partial charge in [-0.2, -0.15) is 4.31 Å². The van der Waals surface area contributed by atoms with Crippen LogP contribution >= 0.6 is 11.6 Å². The van der Waals surface area contributed by atoms with Gasteiger partial charge in [-0.15, -0.1) is 0 Å². The number of hydrogen-bond donors (Lipinski definition) is 3. The fraction of sp³-hybridized carbons (Fsp3) is 0.567. The van der Waals surface area contributed by atoms with Gasteiger partial charge in [-0.05, 0) is 42.9 Å². The fourth-order valence-electron chi connectivity index (χ4n) is 6.03. The van der Waals surface area contributed by atoms with E-state index in [1.807, 2.05) is 30.3 Å². The summed E-state index contributed by atoms with van der Waals surface area (Å²) in [5.41, 5.74) is 0.862. The Labute approximate surface area is 257 Å². The van der Waals surface area contributed by atoms with Crippen LogP contribution in [0, 0.1) is 5.92 Å². The number of alkyl carbamates (subject to hydrolysis) is 1. The van der Waals surface area contributed by atoms with Crippen molar-refractivity contribution in [2.75, 3.05) is 52.5 Å². The first-order chi connectivity index (χ1) is 20.7. The van der Waals surface area contributed by atoms with Gasteiger partial charge in [0.1, 0.15) is 11.9 Å². The van der Waals surface area contributed by atoms with Gasteiger partial charge in [0.05, 0.1) is 41.4 Å². The van der Waals surface area contributed by atoms with Gasteiger partial charge in [-0.3, -0.25) is 4.90 Å². The van der Waals surface area contributed by atoms with Crippen molar-refractivity contribution in [2.24, 2.45) is 5.92 Å². The van der Waals surface area contributed by atoms with Gasteiger partial charge >= 0.3 is 6.09 Å². The summed E-state index contributed by atoms with van der Waals surface area (Å²) >= 11 is 5.94. The molecule has 0 bridgehead atoms. The Balaban J connectivity index is 1.32. The first-order valence-corrected chi connectivity index (χ1v) is 16.6. The molecular formula is C30H40ClN3O8S. The van der Waals surface area contributed by atoms with Crippen molar-refractivity contribution in [3.05, 3.63) is 59.1 Å². The molecule has 1 saturated carbocycles. The second-order valence-corrected chi connectivity index (χ2v) is 13.7. The molecule has 11 nitrogen and oxygen atoms in total. The average Bonchev–Trinajstić information content (AvgIpc) is 3.59. The number of benzene rings is 2. The smallest absolute Gasteiger partial charge is 0.407 e. The molecule has 5 atom stereocenters. The van der Waals surface area contributed by atoms with E-state index in [1.165, 1.54) is 16.4 Å². The van der Waals surface area contributed by atoms with Crippen molar-refractivity contribution in [1.29, 1.82) is 0 Å². The van der Waals surface area contributed by atoms with E-state index >= 15 is 0 Å². The number of nitrogens with one attached hydrogen (secondary N) is 1. The Kier molecular flexibility index (Phi) is 10.8. The van der Waals surface area contributed by atoms with Crippen LogP contribution in [0.15, 0.2) is 53.4 Å². The molecule has 2 heterocycles. The Bertz CT molecular complexity index is 1320. The number of rotatable bonds is 12. The number of aliphatic hydroxyl groups excluding tert-OH is 1. The molecular weight excluding hydrogens is 598 g/mol. The summed E-state index contributed by atoms with van der Waals surface area (Å²) in [6.45, 7) is 3.37. The Morgan fingerprint density at radius 1 is 1.14 bits per heavy atom. The van der Waals surface area contributed by atoms with Crippen molar-refractivity contribution >= 4 is 27.7 Å². The lowest BCUT2D eigenvalue weighted by Gasteiger charge is -2.32. The van der Waals surface area contributed by atoms with Crippen LogP contribution in [-0.2, 0) is 30.7 Å². The van der Waals surface area contributed by atoms with E-state index in [0.717, 1.165) is 31.1 Å². The molecule has 2 aromatic carbocycles. The molecule has 3 N–H and O–H groups in total. The molecule has 2 saturated heterocycles. The number of carbonyl (C=O) groups excluding carboxylic acids is 1. The van der Waals surface area contributed by atoms with Crippen LogP contribution in [0.25, 0.3) is 0 Å². The molecule has 2 unspecified atom stereocenters. The average molecular weight is 638 g/mol. The molecule has 0 aromatic heterocycles. The third-order valence-corrected chi connectivity index (χ3v) is 10.6.